The lowest BCUT2D eigenvalue weighted by Gasteiger charge is -2.34. The fourth-order valence-electron chi connectivity index (χ4n) is 3.37. The number of aliphatic hydroxyl groups is 2. The number of rotatable bonds is 2. The molecule has 0 saturated carbocycles. The monoisotopic (exact) mass is 332 g/mol. The number of hydrogen-bond donors (Lipinski definition) is 3. The first kappa shape index (κ1) is 16.5. The highest BCUT2D eigenvalue weighted by Crippen LogP contribution is 2.46. The molecule has 2 atom stereocenters. The number of methoxy groups -OCH3 is 2. The zero-order chi connectivity index (χ0) is 17.8. The van der Waals surface area contributed by atoms with Gasteiger partial charge in [0.15, 0.2) is 5.78 Å². The molecule has 0 fully saturated rings. The molecule has 0 aromatic heterocycles. The number of carbonyl (C=O) groups is 1. The summed E-state index contributed by atoms with van der Waals surface area (Å²) in [5.74, 6) is 0.0535. The highest BCUT2D eigenvalue weighted by atomic mass is 16.5. The van der Waals surface area contributed by atoms with E-state index in [9.17, 15) is 20.1 Å². The number of aliphatic hydroxyl groups excluding tert-OH is 1. The highest BCUT2D eigenvalue weighted by molar-refractivity contribution is 6.11. The van der Waals surface area contributed by atoms with Gasteiger partial charge >= 0.3 is 0 Å². The minimum absolute atomic E-state index is 0.0383. The number of Topliss-reactive ketones (excluding diaryl/α,β-unsaturated/α-hetero) is 1. The summed E-state index contributed by atoms with van der Waals surface area (Å²) in [6.45, 7) is 3.12. The van der Waals surface area contributed by atoms with E-state index >= 15 is 0 Å². The molecule has 0 radical (unpaired) electrons. The molecule has 2 aromatic carbocycles. The summed E-state index contributed by atoms with van der Waals surface area (Å²) in [5, 5.41) is 32.0. The van der Waals surface area contributed by atoms with Crippen molar-refractivity contribution in [2.45, 2.75) is 32.0 Å². The molecule has 2 unspecified atom stereocenters. The van der Waals surface area contributed by atoms with Crippen molar-refractivity contribution >= 4 is 16.6 Å². The van der Waals surface area contributed by atoms with Crippen LogP contribution in [0.1, 0.15) is 28.4 Å². The van der Waals surface area contributed by atoms with E-state index in [4.69, 9.17) is 9.47 Å². The van der Waals surface area contributed by atoms with E-state index < -0.39 is 17.5 Å². The van der Waals surface area contributed by atoms with Gasteiger partial charge in [0.1, 0.15) is 23.4 Å². The SMILES string of the molecule is COc1cc2cc3c(c(OC)c2c(O)c1C)C(=O)C(O)C(C)(O)C3. The predicted molar refractivity (Wildman–Crippen MR) is 88.1 cm³/mol. The molecule has 0 amide bonds. The first-order valence-electron chi connectivity index (χ1n) is 7.57. The van der Waals surface area contributed by atoms with Crippen molar-refractivity contribution in [3.05, 3.63) is 28.8 Å². The minimum atomic E-state index is -1.56. The van der Waals surface area contributed by atoms with E-state index in [0.29, 0.717) is 27.6 Å². The highest BCUT2D eigenvalue weighted by Gasteiger charge is 2.44. The largest absolute Gasteiger partial charge is 0.507 e. The second kappa shape index (κ2) is 5.36. The van der Waals surface area contributed by atoms with Crippen LogP contribution < -0.4 is 9.47 Å². The van der Waals surface area contributed by atoms with Gasteiger partial charge in [-0.05, 0) is 36.9 Å². The standard InChI is InChI=1S/C18H20O6/c1-8-11(23-3)6-9-5-10-7-18(2,22)17(21)15(20)13(10)16(24-4)12(9)14(8)19/h5-6,17,19,21-22H,7H2,1-4H3. The van der Waals surface area contributed by atoms with Crippen molar-refractivity contribution in [3.63, 3.8) is 0 Å². The van der Waals surface area contributed by atoms with Crippen LogP contribution in [0, 0.1) is 6.92 Å². The summed E-state index contributed by atoms with van der Waals surface area (Å²) in [4.78, 5) is 12.6. The van der Waals surface area contributed by atoms with Crippen LogP contribution in [0.2, 0.25) is 0 Å². The first-order chi connectivity index (χ1) is 11.2. The molecule has 0 aliphatic heterocycles. The maximum atomic E-state index is 12.6. The maximum absolute atomic E-state index is 12.6. The quantitative estimate of drug-likeness (QED) is 0.775. The molecule has 0 bridgehead atoms. The third-order valence-electron chi connectivity index (χ3n) is 4.70. The molecular weight excluding hydrogens is 312 g/mol. The van der Waals surface area contributed by atoms with Gasteiger partial charge in [-0.25, -0.2) is 0 Å². The Labute approximate surface area is 139 Å². The number of aromatic hydroxyl groups is 1. The van der Waals surface area contributed by atoms with Gasteiger partial charge in [-0.2, -0.15) is 0 Å². The van der Waals surface area contributed by atoms with Crippen molar-refractivity contribution in [1.29, 1.82) is 0 Å². The second-order valence-corrected chi connectivity index (χ2v) is 6.40. The molecule has 2 aromatic rings. The van der Waals surface area contributed by atoms with Crippen LogP contribution in [0.5, 0.6) is 17.2 Å². The fraction of sp³-hybridized carbons (Fsp3) is 0.389. The van der Waals surface area contributed by atoms with Crippen LogP contribution in [0.25, 0.3) is 10.8 Å². The van der Waals surface area contributed by atoms with Gasteiger partial charge in [-0.15, -0.1) is 0 Å². The lowest BCUT2D eigenvalue weighted by atomic mass is 9.77. The Bertz CT molecular complexity index is 853. The molecular formula is C18H20O6. The Morgan fingerprint density at radius 1 is 1.25 bits per heavy atom. The smallest absolute Gasteiger partial charge is 0.198 e. The number of benzene rings is 2. The third kappa shape index (κ3) is 2.14. The molecule has 3 rings (SSSR count). The summed E-state index contributed by atoms with van der Waals surface area (Å²) < 4.78 is 10.7. The average Bonchev–Trinajstić information content (AvgIpc) is 2.54. The number of hydrogen-bond acceptors (Lipinski definition) is 6. The Kier molecular flexibility index (Phi) is 3.69. The van der Waals surface area contributed by atoms with E-state index in [-0.39, 0.29) is 23.5 Å². The molecule has 1 aliphatic rings. The molecule has 3 N–H and O–H groups in total. The number of ketones is 1. The van der Waals surface area contributed by atoms with E-state index in [1.807, 2.05) is 0 Å². The van der Waals surface area contributed by atoms with Crippen LogP contribution in [0.3, 0.4) is 0 Å². The van der Waals surface area contributed by atoms with Gasteiger partial charge in [0.05, 0.1) is 30.8 Å². The lowest BCUT2D eigenvalue weighted by molar-refractivity contribution is -0.0489. The Balaban J connectivity index is 2.43. The minimum Gasteiger partial charge on any atom is -0.507 e. The van der Waals surface area contributed by atoms with Crippen molar-refractivity contribution in [3.8, 4) is 17.2 Å². The van der Waals surface area contributed by atoms with Gasteiger partial charge in [0.25, 0.3) is 0 Å². The van der Waals surface area contributed by atoms with E-state index in [0.717, 1.165) is 0 Å². The van der Waals surface area contributed by atoms with Gasteiger partial charge in [0.2, 0.25) is 0 Å². The third-order valence-corrected chi connectivity index (χ3v) is 4.70. The zero-order valence-electron chi connectivity index (χ0n) is 14.0. The number of phenolic OH excluding ortho intramolecular Hbond substituents is 1. The number of fused-ring (bicyclic) bond motifs is 2. The van der Waals surface area contributed by atoms with Crippen LogP contribution in [0.4, 0.5) is 0 Å². The normalized spacial score (nSPS) is 23.2. The molecule has 6 heteroatoms. The van der Waals surface area contributed by atoms with E-state index in [1.165, 1.54) is 21.1 Å². The topological polar surface area (TPSA) is 96.2 Å². The first-order valence-corrected chi connectivity index (χ1v) is 7.57. The van der Waals surface area contributed by atoms with Crippen LogP contribution in [-0.2, 0) is 6.42 Å². The molecule has 6 nitrogen and oxygen atoms in total. The molecule has 0 heterocycles. The molecule has 0 saturated heterocycles. The number of ether oxygens (including phenoxy) is 2. The van der Waals surface area contributed by atoms with Gasteiger partial charge < -0.3 is 24.8 Å². The Morgan fingerprint density at radius 2 is 1.92 bits per heavy atom. The Morgan fingerprint density at radius 3 is 2.50 bits per heavy atom. The van der Waals surface area contributed by atoms with E-state index in [2.05, 4.69) is 0 Å². The van der Waals surface area contributed by atoms with Crippen molar-refractivity contribution in [1.82, 2.24) is 0 Å². The van der Waals surface area contributed by atoms with Crippen LogP contribution >= 0.6 is 0 Å². The van der Waals surface area contributed by atoms with E-state index in [1.54, 1.807) is 19.1 Å². The fourth-order valence-corrected chi connectivity index (χ4v) is 3.37. The lowest BCUT2D eigenvalue weighted by Crippen LogP contribution is -2.50. The second-order valence-electron chi connectivity index (χ2n) is 6.40. The van der Waals surface area contributed by atoms with Gasteiger partial charge in [-0.3, -0.25) is 4.79 Å². The number of carbonyl (C=O) groups excluding carboxylic acids is 1. The zero-order valence-corrected chi connectivity index (χ0v) is 14.0. The molecule has 0 spiro atoms. The van der Waals surface area contributed by atoms with Gasteiger partial charge in [0, 0.05) is 12.0 Å². The molecule has 24 heavy (non-hydrogen) atoms. The summed E-state index contributed by atoms with van der Waals surface area (Å²) in [6, 6.07) is 3.46. The van der Waals surface area contributed by atoms with Crippen molar-refractivity contribution in [2.24, 2.45) is 0 Å². The summed E-state index contributed by atoms with van der Waals surface area (Å²) in [5.41, 5.74) is -0.271. The summed E-state index contributed by atoms with van der Waals surface area (Å²) in [6.07, 6.45) is -1.45. The summed E-state index contributed by atoms with van der Waals surface area (Å²) in [7, 11) is 2.91. The van der Waals surface area contributed by atoms with Crippen molar-refractivity contribution < 1.29 is 29.6 Å². The van der Waals surface area contributed by atoms with Crippen LogP contribution in [0.15, 0.2) is 12.1 Å². The number of phenols is 1. The van der Waals surface area contributed by atoms with Crippen molar-refractivity contribution in [2.75, 3.05) is 14.2 Å². The predicted octanol–water partition coefficient (Wildman–Crippen LogP) is 1.72. The maximum Gasteiger partial charge on any atom is 0.198 e. The van der Waals surface area contributed by atoms with Crippen LogP contribution in [-0.4, -0.2) is 47.0 Å². The molecule has 128 valence electrons. The van der Waals surface area contributed by atoms with Gasteiger partial charge in [-0.1, -0.05) is 0 Å². The molecule has 1 aliphatic carbocycles. The average molecular weight is 332 g/mol. The summed E-state index contributed by atoms with van der Waals surface area (Å²) >= 11 is 0. The Hall–Kier alpha value is -2.31.